The Hall–Kier alpha value is -2.38. The highest BCUT2D eigenvalue weighted by molar-refractivity contribution is 7.89. The molecule has 0 saturated carbocycles. The van der Waals surface area contributed by atoms with E-state index in [1.54, 1.807) is 12.1 Å². The normalized spacial score (nSPS) is 14.8. The van der Waals surface area contributed by atoms with E-state index in [1.807, 2.05) is 43.3 Å². The van der Waals surface area contributed by atoms with Gasteiger partial charge >= 0.3 is 0 Å². The first-order chi connectivity index (χ1) is 13.4. The number of nitrogens with one attached hydrogen (secondary N) is 1. The number of hydrogen-bond acceptors (Lipinski definition) is 4. The van der Waals surface area contributed by atoms with Gasteiger partial charge in [-0.05, 0) is 50.5 Å². The number of carbonyl (C=O) groups excluding carboxylic acids is 1. The molecule has 0 radical (unpaired) electrons. The first kappa shape index (κ1) is 20.4. The van der Waals surface area contributed by atoms with Crippen molar-refractivity contribution in [3.05, 3.63) is 54.1 Å². The topological polar surface area (TPSA) is 75.7 Å². The van der Waals surface area contributed by atoms with Crippen LogP contribution in [0.2, 0.25) is 0 Å². The van der Waals surface area contributed by atoms with Crippen molar-refractivity contribution in [2.45, 2.75) is 32.6 Å². The zero-order valence-electron chi connectivity index (χ0n) is 16.1. The number of rotatable bonds is 8. The average molecular weight is 403 g/mol. The van der Waals surface area contributed by atoms with Crippen LogP contribution >= 0.6 is 0 Å². The van der Waals surface area contributed by atoms with Gasteiger partial charge in [-0.25, -0.2) is 12.7 Å². The Labute approximate surface area is 166 Å². The fraction of sp³-hybridized carbons (Fsp3) is 0.381. The van der Waals surface area contributed by atoms with Crippen LogP contribution in [0.25, 0.3) is 0 Å². The fourth-order valence-electron chi connectivity index (χ4n) is 3.12. The maximum absolute atomic E-state index is 12.3. The van der Waals surface area contributed by atoms with E-state index in [4.69, 9.17) is 4.74 Å². The number of amides is 1. The molecule has 1 fully saturated rings. The quantitative estimate of drug-likeness (QED) is 0.726. The predicted octanol–water partition coefficient (Wildman–Crippen LogP) is 3.93. The number of carbonyl (C=O) groups is 1. The summed E-state index contributed by atoms with van der Waals surface area (Å²) in [6.07, 6.45) is 2.27. The number of hydrogen-bond donors (Lipinski definition) is 1. The monoisotopic (exact) mass is 402 g/mol. The van der Waals surface area contributed by atoms with E-state index in [9.17, 15) is 13.2 Å². The summed E-state index contributed by atoms with van der Waals surface area (Å²) in [5.41, 5.74) is 1.70. The Morgan fingerprint density at radius 1 is 1.07 bits per heavy atom. The van der Waals surface area contributed by atoms with Crippen molar-refractivity contribution in [3.63, 3.8) is 0 Å². The summed E-state index contributed by atoms with van der Waals surface area (Å²) in [6.45, 7) is 3.19. The standard InChI is InChI=1S/C21H26N2O4S/c1-17-10-12-18(13-11-17)27-20-8-3-2-7-19(20)22-21(24)9-6-16-28(25,26)23-14-4-5-15-23/h2-3,7-8,10-13H,4-6,9,14-16H2,1H3,(H,22,24). The van der Waals surface area contributed by atoms with Gasteiger partial charge in [0.05, 0.1) is 11.4 Å². The molecule has 28 heavy (non-hydrogen) atoms. The minimum absolute atomic E-state index is 0.00192. The van der Waals surface area contributed by atoms with Crippen molar-refractivity contribution in [3.8, 4) is 11.5 Å². The van der Waals surface area contributed by atoms with Crippen molar-refractivity contribution >= 4 is 21.6 Å². The Balaban J connectivity index is 1.54. The number of nitrogens with zero attached hydrogens (tertiary/aromatic N) is 1. The van der Waals surface area contributed by atoms with Gasteiger partial charge in [-0.1, -0.05) is 29.8 Å². The minimum atomic E-state index is -3.25. The van der Waals surface area contributed by atoms with E-state index in [1.165, 1.54) is 4.31 Å². The van der Waals surface area contributed by atoms with E-state index >= 15 is 0 Å². The zero-order chi connectivity index (χ0) is 20.0. The molecule has 0 bridgehead atoms. The lowest BCUT2D eigenvalue weighted by Gasteiger charge is -2.15. The van der Waals surface area contributed by atoms with Gasteiger partial charge in [0.2, 0.25) is 15.9 Å². The number of aryl methyl sites for hydroxylation is 1. The Bertz CT molecular complexity index is 904. The molecule has 0 aliphatic carbocycles. The molecule has 0 atom stereocenters. The third kappa shape index (κ3) is 5.56. The molecule has 1 aliphatic heterocycles. The molecule has 0 aromatic heterocycles. The van der Waals surface area contributed by atoms with Crippen molar-refractivity contribution in [1.29, 1.82) is 0 Å². The molecule has 1 N–H and O–H groups in total. The van der Waals surface area contributed by atoms with Crippen LogP contribution in [0.4, 0.5) is 5.69 Å². The van der Waals surface area contributed by atoms with Gasteiger partial charge in [-0.15, -0.1) is 0 Å². The van der Waals surface area contributed by atoms with Crippen LogP contribution in [0, 0.1) is 6.92 Å². The first-order valence-corrected chi connectivity index (χ1v) is 11.2. The Morgan fingerprint density at radius 2 is 1.75 bits per heavy atom. The summed E-state index contributed by atoms with van der Waals surface area (Å²) in [5, 5.41) is 2.83. The summed E-state index contributed by atoms with van der Waals surface area (Å²) in [7, 11) is -3.25. The summed E-state index contributed by atoms with van der Waals surface area (Å²) >= 11 is 0. The maximum atomic E-state index is 12.3. The lowest BCUT2D eigenvalue weighted by Crippen LogP contribution is -2.30. The molecule has 2 aromatic carbocycles. The molecule has 1 amide bonds. The largest absolute Gasteiger partial charge is 0.455 e. The molecule has 2 aromatic rings. The summed E-state index contributed by atoms with van der Waals surface area (Å²) in [4.78, 5) is 12.3. The van der Waals surface area contributed by atoms with Crippen LogP contribution < -0.4 is 10.1 Å². The lowest BCUT2D eigenvalue weighted by molar-refractivity contribution is -0.116. The van der Waals surface area contributed by atoms with Crippen LogP contribution in [-0.2, 0) is 14.8 Å². The second-order valence-corrected chi connectivity index (χ2v) is 9.07. The second kappa shape index (κ2) is 9.21. The van der Waals surface area contributed by atoms with Gasteiger partial charge < -0.3 is 10.1 Å². The van der Waals surface area contributed by atoms with Gasteiger partial charge in [-0.2, -0.15) is 0 Å². The van der Waals surface area contributed by atoms with E-state index in [-0.39, 0.29) is 18.1 Å². The van der Waals surface area contributed by atoms with Gasteiger partial charge in [0.25, 0.3) is 0 Å². The van der Waals surface area contributed by atoms with Crippen LogP contribution in [0.3, 0.4) is 0 Å². The second-order valence-electron chi connectivity index (χ2n) is 6.99. The first-order valence-electron chi connectivity index (χ1n) is 9.55. The molecule has 6 nitrogen and oxygen atoms in total. The predicted molar refractivity (Wildman–Crippen MR) is 110 cm³/mol. The molecular weight excluding hydrogens is 376 g/mol. The van der Waals surface area contributed by atoms with Crippen LogP contribution in [0.1, 0.15) is 31.2 Å². The van der Waals surface area contributed by atoms with E-state index in [0.29, 0.717) is 36.7 Å². The molecule has 0 unspecified atom stereocenters. The van der Waals surface area contributed by atoms with Gasteiger partial charge in [0.15, 0.2) is 5.75 Å². The molecule has 0 spiro atoms. The summed E-state index contributed by atoms with van der Waals surface area (Å²) < 4.78 is 31.9. The number of para-hydroxylation sites is 2. The Morgan fingerprint density at radius 3 is 2.46 bits per heavy atom. The van der Waals surface area contributed by atoms with Crippen LogP contribution in [0.15, 0.2) is 48.5 Å². The molecular formula is C21H26N2O4S. The number of sulfonamides is 1. The van der Waals surface area contributed by atoms with Crippen molar-refractivity contribution in [1.82, 2.24) is 4.31 Å². The minimum Gasteiger partial charge on any atom is -0.455 e. The SMILES string of the molecule is Cc1ccc(Oc2ccccc2NC(=O)CCCS(=O)(=O)N2CCCC2)cc1. The fourth-order valence-corrected chi connectivity index (χ4v) is 4.70. The van der Waals surface area contributed by atoms with Crippen LogP contribution in [0.5, 0.6) is 11.5 Å². The third-order valence-electron chi connectivity index (χ3n) is 4.67. The van der Waals surface area contributed by atoms with E-state index in [2.05, 4.69) is 5.32 Å². The number of anilines is 1. The molecule has 7 heteroatoms. The molecule has 1 heterocycles. The van der Waals surface area contributed by atoms with Crippen molar-refractivity contribution in [2.75, 3.05) is 24.2 Å². The van der Waals surface area contributed by atoms with E-state index < -0.39 is 10.0 Å². The smallest absolute Gasteiger partial charge is 0.224 e. The Kier molecular flexibility index (Phi) is 6.70. The highest BCUT2D eigenvalue weighted by atomic mass is 32.2. The molecule has 3 rings (SSSR count). The highest BCUT2D eigenvalue weighted by Gasteiger charge is 2.24. The van der Waals surface area contributed by atoms with Gasteiger partial charge in [0.1, 0.15) is 5.75 Å². The molecule has 150 valence electrons. The number of benzene rings is 2. The highest BCUT2D eigenvalue weighted by Crippen LogP contribution is 2.29. The third-order valence-corrected chi connectivity index (χ3v) is 6.63. The van der Waals surface area contributed by atoms with Crippen LogP contribution in [-0.4, -0.2) is 37.5 Å². The van der Waals surface area contributed by atoms with Gasteiger partial charge in [-0.3, -0.25) is 4.79 Å². The maximum Gasteiger partial charge on any atom is 0.224 e. The van der Waals surface area contributed by atoms with Crippen molar-refractivity contribution in [2.24, 2.45) is 0 Å². The van der Waals surface area contributed by atoms with E-state index in [0.717, 1.165) is 18.4 Å². The molecule has 1 aliphatic rings. The number of ether oxygens (including phenoxy) is 1. The molecule has 1 saturated heterocycles. The zero-order valence-corrected chi connectivity index (χ0v) is 16.9. The summed E-state index contributed by atoms with van der Waals surface area (Å²) in [5.74, 6) is 1.01. The average Bonchev–Trinajstić information content (AvgIpc) is 3.21. The van der Waals surface area contributed by atoms with Gasteiger partial charge in [0, 0.05) is 19.5 Å². The summed E-state index contributed by atoms with van der Waals surface area (Å²) in [6, 6.07) is 14.9. The lowest BCUT2D eigenvalue weighted by atomic mass is 10.2. The van der Waals surface area contributed by atoms with Crippen molar-refractivity contribution < 1.29 is 17.9 Å².